The molecule has 3 rings (SSSR count). The van der Waals surface area contributed by atoms with Crippen LogP contribution in [0, 0.1) is 13.8 Å². The molecule has 0 amide bonds. The quantitative estimate of drug-likeness (QED) is 0.877. The van der Waals surface area contributed by atoms with E-state index in [2.05, 4.69) is 43.0 Å². The van der Waals surface area contributed by atoms with Gasteiger partial charge in [-0.15, -0.1) is 0 Å². The summed E-state index contributed by atoms with van der Waals surface area (Å²) in [7, 11) is 3.96. The van der Waals surface area contributed by atoms with E-state index in [1.807, 2.05) is 38.1 Å². The molecule has 0 saturated carbocycles. The lowest BCUT2D eigenvalue weighted by Gasteiger charge is -2.28. The van der Waals surface area contributed by atoms with Gasteiger partial charge in [0.25, 0.3) is 0 Å². The van der Waals surface area contributed by atoms with Crippen LogP contribution >= 0.6 is 0 Å². The summed E-state index contributed by atoms with van der Waals surface area (Å²) in [6.07, 6.45) is 0. The van der Waals surface area contributed by atoms with E-state index in [1.54, 1.807) is 0 Å². The Morgan fingerprint density at radius 1 is 1.15 bits per heavy atom. The normalized spacial score (nSPS) is 17.1. The first-order valence-electron chi connectivity index (χ1n) is 9.66. The summed E-state index contributed by atoms with van der Waals surface area (Å²) in [6.45, 7) is 10.1. The van der Waals surface area contributed by atoms with E-state index in [9.17, 15) is 5.11 Å². The predicted octanol–water partition coefficient (Wildman–Crippen LogP) is 3.47. The number of nitrogens with zero attached hydrogens (tertiary/aromatic N) is 2. The standard InChI is InChI=1S/C23H32N2O2/c1-17-6-7-18(2)19(12-17)14-25-10-11-27-22-9-8-21(13-20(22)15-25)23(3,26)16-24(4)5/h6-9,12-13,26H,10-11,14-16H2,1-5H3/t23-/m0/s1. The topological polar surface area (TPSA) is 35.9 Å². The number of fused-ring (bicyclic) bond motifs is 1. The van der Waals surface area contributed by atoms with Crippen LogP contribution in [0.4, 0.5) is 0 Å². The van der Waals surface area contributed by atoms with Gasteiger partial charge in [-0.25, -0.2) is 0 Å². The van der Waals surface area contributed by atoms with Gasteiger partial charge in [-0.3, -0.25) is 4.90 Å². The predicted molar refractivity (Wildman–Crippen MR) is 110 cm³/mol. The number of hydrogen-bond acceptors (Lipinski definition) is 4. The second-order valence-corrected chi connectivity index (χ2v) is 8.32. The highest BCUT2D eigenvalue weighted by Gasteiger charge is 2.26. The average molecular weight is 369 g/mol. The second kappa shape index (κ2) is 8.01. The molecule has 4 nitrogen and oxygen atoms in total. The van der Waals surface area contributed by atoms with Gasteiger partial charge in [-0.05, 0) is 63.7 Å². The van der Waals surface area contributed by atoms with E-state index in [4.69, 9.17) is 4.74 Å². The largest absolute Gasteiger partial charge is 0.492 e. The number of benzene rings is 2. The zero-order valence-corrected chi connectivity index (χ0v) is 17.2. The first kappa shape index (κ1) is 19.9. The van der Waals surface area contributed by atoms with Crippen molar-refractivity contribution in [3.63, 3.8) is 0 Å². The van der Waals surface area contributed by atoms with Crippen LogP contribution in [-0.2, 0) is 18.7 Å². The summed E-state index contributed by atoms with van der Waals surface area (Å²) < 4.78 is 5.99. The Bertz CT molecular complexity index is 799. The zero-order valence-electron chi connectivity index (χ0n) is 17.2. The van der Waals surface area contributed by atoms with Gasteiger partial charge in [0, 0.05) is 31.7 Å². The first-order chi connectivity index (χ1) is 12.7. The van der Waals surface area contributed by atoms with Crippen molar-refractivity contribution in [1.29, 1.82) is 0 Å². The van der Waals surface area contributed by atoms with Gasteiger partial charge in [0.05, 0.1) is 5.60 Å². The fourth-order valence-electron chi connectivity index (χ4n) is 3.84. The Balaban J connectivity index is 1.83. The van der Waals surface area contributed by atoms with Crippen LogP contribution in [0.3, 0.4) is 0 Å². The molecule has 1 aliphatic heterocycles. The van der Waals surface area contributed by atoms with E-state index in [1.165, 1.54) is 16.7 Å². The maximum Gasteiger partial charge on any atom is 0.123 e. The van der Waals surface area contributed by atoms with Crippen molar-refractivity contribution >= 4 is 0 Å². The second-order valence-electron chi connectivity index (χ2n) is 8.32. The van der Waals surface area contributed by atoms with E-state index < -0.39 is 5.60 Å². The van der Waals surface area contributed by atoms with Gasteiger partial charge in [0.1, 0.15) is 12.4 Å². The first-order valence-corrected chi connectivity index (χ1v) is 9.66. The van der Waals surface area contributed by atoms with Crippen LogP contribution in [0.25, 0.3) is 0 Å². The highest BCUT2D eigenvalue weighted by Crippen LogP contribution is 2.30. The molecule has 0 unspecified atom stereocenters. The number of rotatable bonds is 5. The van der Waals surface area contributed by atoms with E-state index in [0.29, 0.717) is 13.2 Å². The maximum absolute atomic E-state index is 10.9. The Morgan fingerprint density at radius 2 is 1.93 bits per heavy atom. The molecule has 146 valence electrons. The van der Waals surface area contributed by atoms with Gasteiger partial charge in [-0.1, -0.05) is 29.8 Å². The van der Waals surface area contributed by atoms with Crippen molar-refractivity contribution in [2.45, 2.75) is 39.5 Å². The van der Waals surface area contributed by atoms with Crippen LogP contribution in [0.5, 0.6) is 5.75 Å². The summed E-state index contributed by atoms with van der Waals surface area (Å²) in [5.41, 5.74) is 5.19. The number of aryl methyl sites for hydroxylation is 2. The van der Waals surface area contributed by atoms with Gasteiger partial charge < -0.3 is 14.7 Å². The monoisotopic (exact) mass is 368 g/mol. The van der Waals surface area contributed by atoms with Crippen molar-refractivity contribution < 1.29 is 9.84 Å². The zero-order chi connectivity index (χ0) is 19.6. The minimum atomic E-state index is -0.886. The Hall–Kier alpha value is -1.88. The van der Waals surface area contributed by atoms with E-state index in [0.717, 1.165) is 36.5 Å². The highest BCUT2D eigenvalue weighted by molar-refractivity contribution is 5.40. The van der Waals surface area contributed by atoms with Crippen molar-refractivity contribution in [1.82, 2.24) is 9.80 Å². The summed E-state index contributed by atoms with van der Waals surface area (Å²) in [6, 6.07) is 12.8. The van der Waals surface area contributed by atoms with Crippen LogP contribution < -0.4 is 4.74 Å². The lowest BCUT2D eigenvalue weighted by Crippen LogP contribution is -2.34. The van der Waals surface area contributed by atoms with Crippen molar-refractivity contribution in [3.05, 3.63) is 64.2 Å². The number of likely N-dealkylation sites (N-methyl/N-ethyl adjacent to an activating group) is 1. The smallest absolute Gasteiger partial charge is 0.123 e. The summed E-state index contributed by atoms with van der Waals surface area (Å²) in [5, 5.41) is 10.9. The maximum atomic E-state index is 10.9. The fraction of sp³-hybridized carbons (Fsp3) is 0.478. The molecule has 2 aromatic rings. The number of ether oxygens (including phenoxy) is 1. The Kier molecular flexibility index (Phi) is 5.89. The van der Waals surface area contributed by atoms with Gasteiger partial charge in [0.2, 0.25) is 0 Å². The van der Waals surface area contributed by atoms with E-state index in [-0.39, 0.29) is 0 Å². The van der Waals surface area contributed by atoms with Crippen molar-refractivity contribution in [3.8, 4) is 5.75 Å². The lowest BCUT2D eigenvalue weighted by atomic mass is 9.93. The molecule has 0 aromatic heterocycles. The molecule has 4 heteroatoms. The molecule has 0 spiro atoms. The van der Waals surface area contributed by atoms with Crippen LogP contribution in [-0.4, -0.2) is 48.7 Å². The highest BCUT2D eigenvalue weighted by atomic mass is 16.5. The van der Waals surface area contributed by atoms with Crippen LogP contribution in [0.15, 0.2) is 36.4 Å². The molecule has 2 aromatic carbocycles. The lowest BCUT2D eigenvalue weighted by molar-refractivity contribution is 0.0299. The van der Waals surface area contributed by atoms with Gasteiger partial charge >= 0.3 is 0 Å². The molecule has 0 saturated heterocycles. The average Bonchev–Trinajstić information content (AvgIpc) is 2.78. The van der Waals surface area contributed by atoms with Crippen LogP contribution in [0.1, 0.15) is 34.7 Å². The molecule has 0 aliphatic carbocycles. The Labute approximate surface area is 163 Å². The van der Waals surface area contributed by atoms with Gasteiger partial charge in [-0.2, -0.15) is 0 Å². The molecule has 1 heterocycles. The third kappa shape index (κ3) is 4.89. The van der Waals surface area contributed by atoms with E-state index >= 15 is 0 Å². The minimum absolute atomic E-state index is 0.582. The minimum Gasteiger partial charge on any atom is -0.492 e. The van der Waals surface area contributed by atoms with Crippen molar-refractivity contribution in [2.24, 2.45) is 0 Å². The SMILES string of the molecule is Cc1ccc(C)c(CN2CCOc3ccc([C@@](C)(O)CN(C)C)cc3C2)c1. The molecule has 0 fully saturated rings. The molecule has 1 atom stereocenters. The molecule has 1 aliphatic rings. The van der Waals surface area contributed by atoms with Crippen LogP contribution in [0.2, 0.25) is 0 Å². The van der Waals surface area contributed by atoms with Crippen molar-refractivity contribution in [2.75, 3.05) is 33.8 Å². The molecular formula is C23H32N2O2. The third-order valence-corrected chi connectivity index (χ3v) is 5.26. The molecule has 0 bridgehead atoms. The summed E-state index contributed by atoms with van der Waals surface area (Å²) in [4.78, 5) is 4.44. The molecule has 0 radical (unpaired) electrons. The summed E-state index contributed by atoms with van der Waals surface area (Å²) in [5.74, 6) is 0.933. The molecular weight excluding hydrogens is 336 g/mol. The fourth-order valence-corrected chi connectivity index (χ4v) is 3.84. The van der Waals surface area contributed by atoms with Gasteiger partial charge in [0.15, 0.2) is 0 Å². The molecule has 1 N–H and O–H groups in total. The number of aliphatic hydroxyl groups is 1. The molecule has 27 heavy (non-hydrogen) atoms. The third-order valence-electron chi connectivity index (χ3n) is 5.26. The Morgan fingerprint density at radius 3 is 2.67 bits per heavy atom. The summed E-state index contributed by atoms with van der Waals surface area (Å²) >= 11 is 0. The number of hydrogen-bond donors (Lipinski definition) is 1.